The minimum absolute atomic E-state index is 0.493. The fraction of sp³-hybridized carbons (Fsp3) is 1.00. The number of alkyl halides is 6. The maximum Gasteiger partial charge on any atom is 0.512 e. The van der Waals surface area contributed by atoms with Gasteiger partial charge in [-0.15, -0.1) is 8.58 Å². The summed E-state index contributed by atoms with van der Waals surface area (Å²) in [7, 11) is -11.9. The van der Waals surface area contributed by atoms with E-state index in [1.807, 2.05) is 0 Å². The lowest BCUT2D eigenvalue weighted by molar-refractivity contribution is -0.0476. The summed E-state index contributed by atoms with van der Waals surface area (Å²) in [6, 6.07) is 0. The van der Waals surface area contributed by atoms with E-state index in [-0.39, 0.29) is 0 Å². The fourth-order valence-corrected chi connectivity index (χ4v) is 7.53. The summed E-state index contributed by atoms with van der Waals surface area (Å²) in [5.74, 6) is 0. The molecule has 1 N–H and O–H groups in total. The first-order chi connectivity index (χ1) is 20.1. The van der Waals surface area contributed by atoms with E-state index in [1.165, 1.54) is 169 Å². The fourth-order valence-electron chi connectivity index (χ4n) is 4.37. The van der Waals surface area contributed by atoms with Gasteiger partial charge in [-0.2, -0.15) is 26.3 Å². The molecule has 0 aromatic carbocycles. The first kappa shape index (κ1) is 45.0. The molecule has 0 aliphatic heterocycles. The third-order valence-electron chi connectivity index (χ3n) is 6.99. The minimum atomic E-state index is -6.60. The van der Waals surface area contributed by atoms with Gasteiger partial charge in [-0.3, -0.25) is 0 Å². The summed E-state index contributed by atoms with van der Waals surface area (Å²) in [6.07, 6.45) is 37.0. The van der Waals surface area contributed by atoms with E-state index in [1.54, 1.807) is 0 Å². The van der Waals surface area contributed by atoms with E-state index in [4.69, 9.17) is 0 Å². The Labute approximate surface area is 260 Å². The summed E-state index contributed by atoms with van der Waals surface area (Å²) in [6.45, 7) is 4.61. The summed E-state index contributed by atoms with van der Waals surface area (Å²) in [5.41, 5.74) is -12.3. The van der Waals surface area contributed by atoms with Gasteiger partial charge in [0.2, 0.25) is 0 Å². The van der Waals surface area contributed by atoms with Crippen molar-refractivity contribution in [2.24, 2.45) is 0 Å². The Morgan fingerprint density at radius 1 is 0.419 bits per heavy atom. The minimum Gasteiger partial charge on any atom is -0.202 e. The highest BCUT2D eigenvalue weighted by Crippen LogP contribution is 2.27. The number of unbranched alkanes of at least 4 members (excludes halogenated alkanes) is 21. The Bertz CT molecular complexity index is 771. The average molecular weight is 694 g/mol. The lowest BCUT2D eigenvalue weighted by atomic mass is 10.1. The van der Waals surface area contributed by atoms with Crippen LogP contribution in [0.4, 0.5) is 26.3 Å². The molecule has 0 amide bonds. The quantitative estimate of drug-likeness (QED) is 0.0528. The first-order valence-electron chi connectivity index (χ1n) is 16.2. The number of nitrogens with one attached hydrogen (secondary N) is 1. The van der Waals surface area contributed by atoms with E-state index in [0.717, 1.165) is 0 Å². The Kier molecular flexibility index (Phi) is 28.3. The molecular formula is C29H58F6NO4PS2. The number of rotatable bonds is 27. The molecule has 0 aliphatic rings. The molecule has 0 aromatic heterocycles. The van der Waals surface area contributed by atoms with Crippen LogP contribution in [0.5, 0.6) is 0 Å². The molecule has 1 atom stereocenters. The van der Waals surface area contributed by atoms with Gasteiger partial charge >= 0.3 is 31.1 Å². The van der Waals surface area contributed by atoms with Crippen molar-refractivity contribution >= 4 is 28.6 Å². The average Bonchev–Trinajstić information content (AvgIpc) is 2.89. The van der Waals surface area contributed by atoms with Crippen molar-refractivity contribution in [3.63, 3.8) is 0 Å². The van der Waals surface area contributed by atoms with Crippen LogP contribution in [-0.2, 0) is 20.0 Å². The van der Waals surface area contributed by atoms with Crippen LogP contribution in [0.1, 0.15) is 162 Å². The molecule has 0 saturated carbocycles. The first-order valence-corrected chi connectivity index (χ1v) is 20.6. The van der Waals surface area contributed by atoms with Gasteiger partial charge < -0.3 is 0 Å². The Morgan fingerprint density at radius 3 is 0.837 bits per heavy atom. The molecule has 0 bridgehead atoms. The van der Waals surface area contributed by atoms with Gasteiger partial charge in [0.15, 0.2) is 0 Å². The highest BCUT2D eigenvalue weighted by molar-refractivity contribution is 8.05. The van der Waals surface area contributed by atoms with Gasteiger partial charge in [0.05, 0.1) is 0 Å². The number of hydrogen-bond donors (Lipinski definition) is 1. The lowest BCUT2D eigenvalue weighted by Gasteiger charge is -2.11. The molecule has 0 aliphatic carbocycles. The Morgan fingerprint density at radius 2 is 0.628 bits per heavy atom. The van der Waals surface area contributed by atoms with Crippen LogP contribution in [0.25, 0.3) is 0 Å². The molecule has 5 nitrogen and oxygen atoms in total. The van der Waals surface area contributed by atoms with Crippen molar-refractivity contribution in [3.05, 3.63) is 0 Å². The van der Waals surface area contributed by atoms with Crippen molar-refractivity contribution in [1.29, 1.82) is 0 Å². The van der Waals surface area contributed by atoms with Crippen LogP contribution in [0.3, 0.4) is 0 Å². The van der Waals surface area contributed by atoms with Crippen LogP contribution in [-0.4, -0.2) is 40.2 Å². The van der Waals surface area contributed by atoms with Crippen molar-refractivity contribution in [2.45, 2.75) is 173 Å². The van der Waals surface area contributed by atoms with Crippen LogP contribution in [0, 0.1) is 0 Å². The topological polar surface area (TPSA) is 80.3 Å². The standard InChI is InChI=1S/C27H57P.C2HF6NO4S2/c1-3-5-7-9-11-13-15-17-19-21-23-25-27-28-26-24-22-20-18-16-14-12-10-8-6-4-2;3-1(4,5)14(10,11)9-15(12,13)2(6,7)8/h28H,3-27H2,1-2H3;9H. The van der Waals surface area contributed by atoms with E-state index < -0.39 is 35.2 Å². The number of sulfonamides is 2. The molecular weight excluding hydrogens is 635 g/mol. The summed E-state index contributed by atoms with van der Waals surface area (Å²) < 4.78 is 108. The molecule has 1 unspecified atom stereocenters. The highest BCUT2D eigenvalue weighted by Gasteiger charge is 2.55. The van der Waals surface area contributed by atoms with Gasteiger partial charge in [0.1, 0.15) is 0 Å². The molecule has 0 heterocycles. The normalized spacial score (nSPS) is 13.0. The van der Waals surface area contributed by atoms with Gasteiger partial charge in [0.25, 0.3) is 0 Å². The van der Waals surface area contributed by atoms with Gasteiger partial charge in [-0.05, 0) is 25.2 Å². The molecule has 0 saturated heterocycles. The third kappa shape index (κ3) is 27.9. The smallest absolute Gasteiger partial charge is 0.202 e. The van der Waals surface area contributed by atoms with Gasteiger partial charge in [-0.1, -0.05) is 153 Å². The lowest BCUT2D eigenvalue weighted by Crippen LogP contribution is -2.45. The van der Waals surface area contributed by atoms with E-state index in [2.05, 4.69) is 13.8 Å². The Hall–Kier alpha value is -0.130. The summed E-state index contributed by atoms with van der Waals surface area (Å²) in [4.78, 5) is 0. The molecule has 0 aromatic rings. The van der Waals surface area contributed by atoms with E-state index in [0.29, 0.717) is 0 Å². The second-order valence-electron chi connectivity index (χ2n) is 11.2. The molecule has 262 valence electrons. The molecule has 43 heavy (non-hydrogen) atoms. The summed E-state index contributed by atoms with van der Waals surface area (Å²) in [5, 5.41) is 0. The maximum atomic E-state index is 11.5. The highest BCUT2D eigenvalue weighted by atomic mass is 32.3. The third-order valence-corrected chi connectivity index (χ3v) is 11.4. The van der Waals surface area contributed by atoms with Gasteiger partial charge in [-0.25, -0.2) is 16.8 Å². The molecule has 14 heteroatoms. The maximum absolute atomic E-state index is 11.5. The molecule has 0 rings (SSSR count). The van der Waals surface area contributed by atoms with E-state index >= 15 is 0 Å². The SMILES string of the molecule is CCCCCCCCCCCCCCPCCCCCCCCCCCCC.O=S(=O)(NS(=O)(=O)C(F)(F)F)C(F)(F)F. The van der Waals surface area contributed by atoms with Gasteiger partial charge in [0, 0.05) is 0 Å². The predicted octanol–water partition coefficient (Wildman–Crippen LogP) is 11.0. The molecule has 0 spiro atoms. The second-order valence-corrected chi connectivity index (χ2v) is 16.3. The van der Waals surface area contributed by atoms with Crippen molar-refractivity contribution in [1.82, 2.24) is 4.13 Å². The van der Waals surface area contributed by atoms with Crippen molar-refractivity contribution < 1.29 is 43.2 Å². The van der Waals surface area contributed by atoms with Crippen LogP contribution in [0.2, 0.25) is 0 Å². The predicted molar refractivity (Wildman–Crippen MR) is 169 cm³/mol. The van der Waals surface area contributed by atoms with Crippen molar-refractivity contribution in [3.8, 4) is 0 Å². The van der Waals surface area contributed by atoms with Crippen LogP contribution >= 0.6 is 8.58 Å². The zero-order chi connectivity index (χ0) is 33.1. The summed E-state index contributed by atoms with van der Waals surface area (Å²) >= 11 is 0. The van der Waals surface area contributed by atoms with E-state index in [9.17, 15) is 43.2 Å². The monoisotopic (exact) mass is 693 g/mol. The zero-order valence-corrected chi connectivity index (χ0v) is 29.0. The van der Waals surface area contributed by atoms with Crippen LogP contribution in [0.15, 0.2) is 0 Å². The molecule has 0 radical (unpaired) electrons. The Balaban J connectivity index is 0. The van der Waals surface area contributed by atoms with Crippen LogP contribution < -0.4 is 4.13 Å². The zero-order valence-electron chi connectivity index (χ0n) is 26.4. The van der Waals surface area contributed by atoms with Crippen molar-refractivity contribution in [2.75, 3.05) is 12.3 Å². The largest absolute Gasteiger partial charge is 0.512 e. The number of hydrogen-bond acceptors (Lipinski definition) is 4. The second kappa shape index (κ2) is 27.0. The number of halogens is 6. The molecule has 0 fully saturated rings.